The van der Waals surface area contributed by atoms with Gasteiger partial charge in [-0.15, -0.1) is 0 Å². The van der Waals surface area contributed by atoms with E-state index in [0.717, 1.165) is 43.1 Å². The highest BCUT2D eigenvalue weighted by Gasteiger charge is 2.28. The van der Waals surface area contributed by atoms with Gasteiger partial charge >= 0.3 is 0 Å². The minimum absolute atomic E-state index is 0.110. The lowest BCUT2D eigenvalue weighted by Crippen LogP contribution is -2.31. The Morgan fingerprint density at radius 2 is 2.12 bits per heavy atom. The second-order valence-corrected chi connectivity index (χ2v) is 6.65. The van der Waals surface area contributed by atoms with E-state index < -0.39 is 0 Å². The standard InChI is InChI=1S/C19H25N3O2/c1-21(2)13-15-9-10-22(14-15)19(23)17-7-3-4-8-18(17)20-12-16-6-5-11-24-16/h3-8,11,15,20H,9-10,12-14H2,1-2H3. The third-order valence-electron chi connectivity index (χ3n) is 4.39. The van der Waals surface area contributed by atoms with Gasteiger partial charge in [-0.05, 0) is 50.7 Å². The van der Waals surface area contributed by atoms with Crippen molar-refractivity contribution in [3.63, 3.8) is 0 Å². The van der Waals surface area contributed by atoms with Crippen LogP contribution in [0.1, 0.15) is 22.5 Å². The summed E-state index contributed by atoms with van der Waals surface area (Å²) in [4.78, 5) is 17.1. The number of carbonyl (C=O) groups is 1. The minimum Gasteiger partial charge on any atom is -0.467 e. The highest BCUT2D eigenvalue weighted by atomic mass is 16.3. The predicted molar refractivity (Wildman–Crippen MR) is 95.0 cm³/mol. The summed E-state index contributed by atoms with van der Waals surface area (Å²) >= 11 is 0. The number of nitrogens with zero attached hydrogens (tertiary/aromatic N) is 2. The van der Waals surface area contributed by atoms with Crippen LogP contribution in [-0.2, 0) is 6.54 Å². The number of nitrogens with one attached hydrogen (secondary N) is 1. The molecule has 5 heteroatoms. The van der Waals surface area contributed by atoms with Gasteiger partial charge in [0.25, 0.3) is 5.91 Å². The number of anilines is 1. The smallest absolute Gasteiger partial charge is 0.255 e. The van der Waals surface area contributed by atoms with Gasteiger partial charge in [0.1, 0.15) is 5.76 Å². The van der Waals surface area contributed by atoms with Crippen LogP contribution >= 0.6 is 0 Å². The van der Waals surface area contributed by atoms with Crippen LogP contribution in [0.3, 0.4) is 0 Å². The zero-order valence-electron chi connectivity index (χ0n) is 14.4. The van der Waals surface area contributed by atoms with Gasteiger partial charge in [-0.2, -0.15) is 0 Å². The fraction of sp³-hybridized carbons (Fsp3) is 0.421. The van der Waals surface area contributed by atoms with E-state index in [1.165, 1.54) is 0 Å². The number of carbonyl (C=O) groups excluding carboxylic acids is 1. The number of benzene rings is 1. The van der Waals surface area contributed by atoms with Crippen LogP contribution in [-0.4, -0.2) is 49.4 Å². The van der Waals surface area contributed by atoms with Gasteiger partial charge in [-0.3, -0.25) is 4.79 Å². The Balaban J connectivity index is 1.66. The molecule has 1 saturated heterocycles. The third kappa shape index (κ3) is 3.97. The monoisotopic (exact) mass is 327 g/mol. The van der Waals surface area contributed by atoms with Crippen molar-refractivity contribution in [2.24, 2.45) is 5.92 Å². The first-order valence-electron chi connectivity index (χ1n) is 8.43. The van der Waals surface area contributed by atoms with Gasteiger partial charge in [-0.25, -0.2) is 0 Å². The lowest BCUT2D eigenvalue weighted by Gasteiger charge is -2.20. The van der Waals surface area contributed by atoms with Crippen molar-refractivity contribution in [2.75, 3.05) is 39.0 Å². The molecule has 1 atom stereocenters. The third-order valence-corrected chi connectivity index (χ3v) is 4.39. The molecule has 1 unspecified atom stereocenters. The van der Waals surface area contributed by atoms with E-state index >= 15 is 0 Å². The molecule has 0 saturated carbocycles. The Labute approximate surface area is 143 Å². The number of para-hydroxylation sites is 1. The summed E-state index contributed by atoms with van der Waals surface area (Å²) in [6.07, 6.45) is 2.73. The largest absolute Gasteiger partial charge is 0.467 e. The molecule has 24 heavy (non-hydrogen) atoms. The molecule has 1 aromatic heterocycles. The molecule has 1 N–H and O–H groups in total. The van der Waals surface area contributed by atoms with E-state index in [-0.39, 0.29) is 5.91 Å². The molecule has 0 spiro atoms. The maximum atomic E-state index is 12.9. The van der Waals surface area contributed by atoms with E-state index in [1.807, 2.05) is 41.3 Å². The maximum Gasteiger partial charge on any atom is 0.255 e. The summed E-state index contributed by atoms with van der Waals surface area (Å²) in [5.74, 6) is 1.52. The van der Waals surface area contributed by atoms with E-state index in [9.17, 15) is 4.79 Å². The Morgan fingerprint density at radius 3 is 2.88 bits per heavy atom. The zero-order chi connectivity index (χ0) is 16.9. The summed E-state index contributed by atoms with van der Waals surface area (Å²) in [5, 5.41) is 3.31. The zero-order valence-corrected chi connectivity index (χ0v) is 14.4. The predicted octanol–water partition coefficient (Wildman–Crippen LogP) is 2.92. The Hall–Kier alpha value is -2.27. The minimum atomic E-state index is 0.110. The number of hydrogen-bond acceptors (Lipinski definition) is 4. The van der Waals surface area contributed by atoms with E-state index in [4.69, 9.17) is 4.42 Å². The second-order valence-electron chi connectivity index (χ2n) is 6.65. The van der Waals surface area contributed by atoms with Crippen molar-refractivity contribution < 1.29 is 9.21 Å². The summed E-state index contributed by atoms with van der Waals surface area (Å²) in [7, 11) is 4.16. The van der Waals surface area contributed by atoms with Crippen molar-refractivity contribution in [3.05, 3.63) is 54.0 Å². The van der Waals surface area contributed by atoms with Crippen LogP contribution < -0.4 is 5.32 Å². The molecule has 2 heterocycles. The number of rotatable bonds is 6. The van der Waals surface area contributed by atoms with Gasteiger partial charge in [0, 0.05) is 25.3 Å². The molecule has 0 aliphatic carbocycles. The van der Waals surface area contributed by atoms with E-state index in [1.54, 1.807) is 6.26 Å². The average Bonchev–Trinajstić information content (AvgIpc) is 3.23. The average molecular weight is 327 g/mol. The molecule has 2 aromatic rings. The maximum absolute atomic E-state index is 12.9. The Morgan fingerprint density at radius 1 is 1.29 bits per heavy atom. The molecular formula is C19H25N3O2. The van der Waals surface area contributed by atoms with Crippen molar-refractivity contribution in [1.29, 1.82) is 0 Å². The SMILES string of the molecule is CN(C)CC1CCN(C(=O)c2ccccc2NCc2ccco2)C1. The van der Waals surface area contributed by atoms with Crippen molar-refractivity contribution >= 4 is 11.6 Å². The van der Waals surface area contributed by atoms with Crippen LogP contribution in [0.15, 0.2) is 47.1 Å². The topological polar surface area (TPSA) is 48.7 Å². The molecule has 3 rings (SSSR count). The first kappa shape index (κ1) is 16.6. The molecule has 128 valence electrons. The number of furan rings is 1. The highest BCUT2D eigenvalue weighted by molar-refractivity contribution is 5.99. The van der Waals surface area contributed by atoms with E-state index in [2.05, 4.69) is 24.3 Å². The second kappa shape index (κ2) is 7.53. The summed E-state index contributed by atoms with van der Waals surface area (Å²) in [5.41, 5.74) is 1.59. The van der Waals surface area contributed by atoms with Gasteiger partial charge in [0.2, 0.25) is 0 Å². The molecule has 1 aromatic carbocycles. The van der Waals surface area contributed by atoms with Gasteiger partial charge in [-0.1, -0.05) is 12.1 Å². The number of likely N-dealkylation sites (tertiary alicyclic amines) is 1. The van der Waals surface area contributed by atoms with Crippen molar-refractivity contribution in [3.8, 4) is 0 Å². The quantitative estimate of drug-likeness (QED) is 0.886. The lowest BCUT2D eigenvalue weighted by atomic mass is 10.1. The first-order valence-corrected chi connectivity index (χ1v) is 8.43. The Kier molecular flexibility index (Phi) is 5.20. The number of amides is 1. The van der Waals surface area contributed by atoms with E-state index in [0.29, 0.717) is 12.5 Å². The highest BCUT2D eigenvalue weighted by Crippen LogP contribution is 2.23. The molecule has 1 aliphatic rings. The van der Waals surface area contributed by atoms with Crippen LogP contribution in [0, 0.1) is 5.92 Å². The summed E-state index contributed by atoms with van der Waals surface area (Å²) in [6.45, 7) is 3.27. The molecule has 1 fully saturated rings. The van der Waals surface area contributed by atoms with Gasteiger partial charge in [0.05, 0.1) is 18.4 Å². The summed E-state index contributed by atoms with van der Waals surface area (Å²) < 4.78 is 5.34. The van der Waals surface area contributed by atoms with Gasteiger partial charge in [0.15, 0.2) is 0 Å². The summed E-state index contributed by atoms with van der Waals surface area (Å²) in [6, 6.07) is 11.5. The van der Waals surface area contributed by atoms with Crippen LogP contribution in [0.5, 0.6) is 0 Å². The Bertz CT molecular complexity index is 667. The van der Waals surface area contributed by atoms with Crippen LogP contribution in [0.2, 0.25) is 0 Å². The fourth-order valence-electron chi connectivity index (χ4n) is 3.27. The lowest BCUT2D eigenvalue weighted by molar-refractivity contribution is 0.0786. The van der Waals surface area contributed by atoms with Crippen LogP contribution in [0.25, 0.3) is 0 Å². The fourth-order valence-corrected chi connectivity index (χ4v) is 3.27. The first-order chi connectivity index (χ1) is 11.6. The normalized spacial score (nSPS) is 17.5. The van der Waals surface area contributed by atoms with Gasteiger partial charge < -0.3 is 19.5 Å². The molecule has 1 amide bonds. The molecule has 1 aliphatic heterocycles. The van der Waals surface area contributed by atoms with Crippen molar-refractivity contribution in [2.45, 2.75) is 13.0 Å². The molecular weight excluding hydrogens is 302 g/mol. The molecule has 5 nitrogen and oxygen atoms in total. The molecule has 0 bridgehead atoms. The van der Waals surface area contributed by atoms with Crippen LogP contribution in [0.4, 0.5) is 5.69 Å². The number of hydrogen-bond donors (Lipinski definition) is 1. The van der Waals surface area contributed by atoms with Crippen molar-refractivity contribution in [1.82, 2.24) is 9.80 Å². The molecule has 0 radical (unpaired) electrons.